The van der Waals surface area contributed by atoms with Gasteiger partial charge in [-0.2, -0.15) is 0 Å². The van der Waals surface area contributed by atoms with Crippen LogP contribution in [0.25, 0.3) is 0 Å². The first-order valence-electron chi connectivity index (χ1n) is 11.9. The number of hydrogen-bond acceptors (Lipinski definition) is 7. The number of fused-ring (bicyclic) bond motifs is 1. The molecule has 0 aromatic heterocycles. The number of hydrogen-bond donors (Lipinski definition) is 1. The zero-order valence-electron chi connectivity index (χ0n) is 22.1. The highest BCUT2D eigenvalue weighted by Gasteiger charge is 2.77. The van der Waals surface area contributed by atoms with Crippen molar-refractivity contribution in [2.45, 2.75) is 115 Å². The second-order valence-corrected chi connectivity index (χ2v) is 22.6. The number of carbonyl (C=O) groups is 2. The quantitative estimate of drug-likeness (QED) is 0.343. The molecular formula is C24H42O7Si2. The Hall–Kier alpha value is -1.01. The number of cyclic esters (lactones) is 1. The van der Waals surface area contributed by atoms with Gasteiger partial charge in [-0.15, -0.1) is 0 Å². The van der Waals surface area contributed by atoms with Gasteiger partial charge in [-0.25, -0.2) is 4.79 Å². The summed E-state index contributed by atoms with van der Waals surface area (Å²) in [5, 5.41) is 11.6. The molecule has 4 rings (SSSR count). The first-order chi connectivity index (χ1) is 14.7. The molecule has 2 fully saturated rings. The predicted octanol–water partition coefficient (Wildman–Crippen LogP) is 4.32. The van der Waals surface area contributed by atoms with E-state index in [1.54, 1.807) is 13.0 Å². The molecule has 5 atom stereocenters. The third-order valence-corrected chi connectivity index (χ3v) is 17.8. The van der Waals surface area contributed by atoms with Crippen LogP contribution < -0.4 is 0 Å². The maximum Gasteiger partial charge on any atom is 0.344 e. The van der Waals surface area contributed by atoms with Crippen LogP contribution >= 0.6 is 0 Å². The lowest BCUT2D eigenvalue weighted by Gasteiger charge is -2.53. The van der Waals surface area contributed by atoms with Crippen LogP contribution in [0.2, 0.25) is 36.3 Å². The Morgan fingerprint density at radius 1 is 1.00 bits per heavy atom. The SMILES string of the molecule is CC1=CC2CC3(C(=O)O[C@H](CO[Si](C)(C)C(C)(C)C)[C@H]3O[Si](C)(C)C(C)(C)C)C1(O)C(=O)O2. The zero-order valence-corrected chi connectivity index (χ0v) is 24.1. The lowest BCUT2D eigenvalue weighted by Crippen LogP contribution is -2.71. The first-order valence-corrected chi connectivity index (χ1v) is 17.7. The molecule has 188 valence electrons. The number of rotatable bonds is 5. The molecule has 0 amide bonds. The van der Waals surface area contributed by atoms with Crippen molar-refractivity contribution in [1.82, 2.24) is 0 Å². The molecule has 3 unspecified atom stereocenters. The lowest BCUT2D eigenvalue weighted by molar-refractivity contribution is -0.215. The second kappa shape index (κ2) is 7.75. The van der Waals surface area contributed by atoms with Gasteiger partial charge < -0.3 is 23.4 Å². The van der Waals surface area contributed by atoms with Crippen LogP contribution in [0, 0.1) is 5.41 Å². The van der Waals surface area contributed by atoms with Crippen molar-refractivity contribution < 1.29 is 33.0 Å². The van der Waals surface area contributed by atoms with Crippen LogP contribution in [-0.2, 0) is 27.9 Å². The van der Waals surface area contributed by atoms with Crippen molar-refractivity contribution >= 4 is 28.6 Å². The highest BCUT2D eigenvalue weighted by Crippen LogP contribution is 2.58. The fourth-order valence-corrected chi connectivity index (χ4v) is 6.86. The van der Waals surface area contributed by atoms with Gasteiger partial charge in [-0.05, 0) is 54.8 Å². The molecule has 33 heavy (non-hydrogen) atoms. The molecule has 0 aromatic rings. The predicted molar refractivity (Wildman–Crippen MR) is 131 cm³/mol. The van der Waals surface area contributed by atoms with Gasteiger partial charge in [0.1, 0.15) is 23.7 Å². The van der Waals surface area contributed by atoms with Gasteiger partial charge in [0.25, 0.3) is 0 Å². The summed E-state index contributed by atoms with van der Waals surface area (Å²) in [6.45, 7) is 23.1. The van der Waals surface area contributed by atoms with Crippen molar-refractivity contribution in [2.24, 2.45) is 5.41 Å². The molecule has 1 N–H and O–H groups in total. The van der Waals surface area contributed by atoms with Crippen LogP contribution in [0.4, 0.5) is 0 Å². The Morgan fingerprint density at radius 2 is 1.55 bits per heavy atom. The Morgan fingerprint density at radius 3 is 2.03 bits per heavy atom. The van der Waals surface area contributed by atoms with E-state index in [9.17, 15) is 14.7 Å². The Balaban J connectivity index is 2.07. The molecule has 1 spiro atoms. The van der Waals surface area contributed by atoms with Crippen LogP contribution in [-0.4, -0.2) is 64.2 Å². The Labute approximate surface area is 200 Å². The molecule has 2 bridgehead atoms. The minimum absolute atomic E-state index is 0.0195. The topological polar surface area (TPSA) is 91.3 Å². The molecule has 2 saturated heterocycles. The van der Waals surface area contributed by atoms with Gasteiger partial charge in [0.05, 0.1) is 6.61 Å². The summed E-state index contributed by atoms with van der Waals surface area (Å²) in [7, 11) is -4.57. The van der Waals surface area contributed by atoms with Gasteiger partial charge in [-0.3, -0.25) is 4.79 Å². The fourth-order valence-electron chi connectivity index (χ4n) is 4.51. The number of ether oxygens (including phenoxy) is 2. The molecule has 4 aliphatic rings. The van der Waals surface area contributed by atoms with Gasteiger partial charge >= 0.3 is 11.9 Å². The lowest BCUT2D eigenvalue weighted by atomic mass is 9.58. The fraction of sp³-hybridized carbons (Fsp3) is 0.833. The van der Waals surface area contributed by atoms with Crippen LogP contribution in [0.1, 0.15) is 54.9 Å². The van der Waals surface area contributed by atoms with E-state index >= 15 is 0 Å². The molecule has 7 nitrogen and oxygen atoms in total. The Kier molecular flexibility index (Phi) is 6.24. The van der Waals surface area contributed by atoms with Gasteiger partial charge in [0, 0.05) is 6.42 Å². The number of esters is 2. The van der Waals surface area contributed by atoms with Crippen molar-refractivity contribution in [3.63, 3.8) is 0 Å². The second-order valence-electron chi connectivity index (χ2n) is 13.0. The molecule has 3 heterocycles. The largest absolute Gasteiger partial charge is 0.457 e. The summed E-state index contributed by atoms with van der Waals surface area (Å²) in [6, 6.07) is 0. The van der Waals surface area contributed by atoms with Crippen molar-refractivity contribution in [2.75, 3.05) is 6.61 Å². The number of aliphatic hydroxyl groups is 1. The first kappa shape index (κ1) is 26.6. The van der Waals surface area contributed by atoms with Crippen LogP contribution in [0.5, 0.6) is 0 Å². The third-order valence-electron chi connectivity index (χ3n) is 8.82. The van der Waals surface area contributed by atoms with E-state index in [0.29, 0.717) is 5.57 Å². The summed E-state index contributed by atoms with van der Waals surface area (Å²) in [5.74, 6) is -1.41. The van der Waals surface area contributed by atoms with Gasteiger partial charge in [-0.1, -0.05) is 41.5 Å². The van der Waals surface area contributed by atoms with Gasteiger partial charge in [0.2, 0.25) is 5.60 Å². The highest BCUT2D eigenvalue weighted by molar-refractivity contribution is 6.74. The maximum atomic E-state index is 13.6. The summed E-state index contributed by atoms with van der Waals surface area (Å²) < 4.78 is 24.6. The van der Waals surface area contributed by atoms with E-state index in [2.05, 4.69) is 67.7 Å². The molecule has 3 aliphatic heterocycles. The molecular weight excluding hydrogens is 456 g/mol. The van der Waals surface area contributed by atoms with E-state index in [-0.39, 0.29) is 23.1 Å². The highest BCUT2D eigenvalue weighted by atomic mass is 28.4. The summed E-state index contributed by atoms with van der Waals surface area (Å²) in [6.07, 6.45) is -0.265. The molecule has 0 aromatic carbocycles. The van der Waals surface area contributed by atoms with Crippen molar-refractivity contribution in [1.29, 1.82) is 0 Å². The van der Waals surface area contributed by atoms with E-state index in [1.165, 1.54) is 0 Å². The maximum absolute atomic E-state index is 13.6. The third kappa shape index (κ3) is 3.88. The van der Waals surface area contributed by atoms with Gasteiger partial charge in [0.15, 0.2) is 16.6 Å². The summed E-state index contributed by atoms with van der Waals surface area (Å²) in [4.78, 5) is 26.6. The van der Waals surface area contributed by atoms with Crippen molar-refractivity contribution in [3.8, 4) is 0 Å². The van der Waals surface area contributed by atoms with E-state index in [0.717, 1.165) is 0 Å². The van der Waals surface area contributed by atoms with Crippen LogP contribution in [0.3, 0.4) is 0 Å². The Bertz CT molecular complexity index is 867. The number of carbonyl (C=O) groups excluding carboxylic acids is 2. The average Bonchev–Trinajstić information content (AvgIpc) is 2.87. The van der Waals surface area contributed by atoms with E-state index in [4.69, 9.17) is 18.3 Å². The van der Waals surface area contributed by atoms with Crippen molar-refractivity contribution in [3.05, 3.63) is 11.6 Å². The monoisotopic (exact) mass is 498 g/mol. The normalized spacial score (nSPS) is 35.0. The molecule has 0 saturated carbocycles. The smallest absolute Gasteiger partial charge is 0.344 e. The summed E-state index contributed by atoms with van der Waals surface area (Å²) >= 11 is 0. The standard InChI is InChI=1S/C24H42O7Si2/c1-15-12-16-13-23(24(15,27)20(26)29-16)18(31-33(10,11)22(5,6)7)17(30-19(23)25)14-28-32(8,9)21(2,3)4/h12,16-18,27H,13-14H2,1-11H3/t16?,17-,18-,23?,24?/m1/s1. The average molecular weight is 499 g/mol. The zero-order chi connectivity index (χ0) is 25.4. The molecule has 0 radical (unpaired) electrons. The van der Waals surface area contributed by atoms with Crippen LogP contribution in [0.15, 0.2) is 11.6 Å². The summed E-state index contributed by atoms with van der Waals surface area (Å²) in [5.41, 5.74) is -3.25. The molecule has 9 heteroatoms. The minimum Gasteiger partial charge on any atom is -0.457 e. The van der Waals surface area contributed by atoms with E-state index in [1.807, 2.05) is 0 Å². The molecule has 1 aliphatic carbocycles. The van der Waals surface area contributed by atoms with E-state index < -0.39 is 57.9 Å². The minimum atomic E-state index is -2.43.